The van der Waals surface area contributed by atoms with Crippen LogP contribution in [0, 0.1) is 0 Å². The summed E-state index contributed by atoms with van der Waals surface area (Å²) in [6.07, 6.45) is -0.778. The van der Waals surface area contributed by atoms with E-state index in [2.05, 4.69) is 30.7 Å². The van der Waals surface area contributed by atoms with Crippen molar-refractivity contribution in [2.24, 2.45) is 4.99 Å². The molecule has 1 atom stereocenters. The first-order valence-corrected chi connectivity index (χ1v) is 10.1. The Bertz CT molecular complexity index is 830. The van der Waals surface area contributed by atoms with Gasteiger partial charge in [0.1, 0.15) is 12.2 Å². The molecule has 3 rings (SSSR count). The molecule has 0 spiro atoms. The number of halogens is 3. The lowest BCUT2D eigenvalue weighted by atomic mass is 10.1. The average Bonchev–Trinajstić information content (AvgIpc) is 3.36. The maximum Gasteiger partial charge on any atom is 0.416 e. The Labute approximate surface area is 174 Å². The van der Waals surface area contributed by atoms with E-state index in [1.165, 1.54) is 0 Å². The van der Waals surface area contributed by atoms with E-state index in [-0.39, 0.29) is 6.04 Å². The number of hydrogen-bond donors (Lipinski definition) is 2. The summed E-state index contributed by atoms with van der Waals surface area (Å²) in [6.45, 7) is 5.83. The van der Waals surface area contributed by atoms with Crippen molar-refractivity contribution in [3.8, 4) is 0 Å². The van der Waals surface area contributed by atoms with Crippen molar-refractivity contribution in [2.75, 3.05) is 26.7 Å². The van der Waals surface area contributed by atoms with E-state index in [0.717, 1.165) is 62.0 Å². The van der Waals surface area contributed by atoms with Gasteiger partial charge in [-0.3, -0.25) is 9.89 Å². The van der Waals surface area contributed by atoms with Gasteiger partial charge in [-0.2, -0.15) is 13.2 Å². The summed E-state index contributed by atoms with van der Waals surface area (Å²) in [4.78, 5) is 6.52. The second-order valence-electron chi connectivity index (χ2n) is 7.35. The van der Waals surface area contributed by atoms with Crippen molar-refractivity contribution < 1.29 is 13.2 Å². The lowest BCUT2D eigenvalue weighted by molar-refractivity contribution is -0.137. The molecule has 2 N–H and O–H groups in total. The fraction of sp³-hybridized carbons (Fsp3) is 0.550. The van der Waals surface area contributed by atoms with Gasteiger partial charge in [-0.05, 0) is 24.1 Å². The van der Waals surface area contributed by atoms with Gasteiger partial charge >= 0.3 is 6.18 Å². The fourth-order valence-corrected chi connectivity index (χ4v) is 3.57. The molecule has 164 valence electrons. The lowest BCUT2D eigenvalue weighted by Crippen LogP contribution is -2.45. The lowest BCUT2D eigenvalue weighted by Gasteiger charge is -2.19. The van der Waals surface area contributed by atoms with Gasteiger partial charge in [0.05, 0.1) is 5.56 Å². The first-order valence-electron chi connectivity index (χ1n) is 10.1. The molecule has 2 aromatic rings. The number of guanidine groups is 1. The van der Waals surface area contributed by atoms with Crippen LogP contribution < -0.4 is 10.6 Å². The maximum absolute atomic E-state index is 12.7. The fourth-order valence-electron chi connectivity index (χ4n) is 3.57. The first-order chi connectivity index (χ1) is 14.4. The Kier molecular flexibility index (Phi) is 7.30. The van der Waals surface area contributed by atoms with Crippen molar-refractivity contribution in [1.82, 2.24) is 30.3 Å². The number of aryl methyl sites for hydroxylation is 1. The third-order valence-corrected chi connectivity index (χ3v) is 5.18. The maximum atomic E-state index is 12.7. The van der Waals surface area contributed by atoms with Gasteiger partial charge in [-0.25, -0.2) is 0 Å². The molecule has 2 heterocycles. The number of hydrogen-bond acceptors (Lipinski definition) is 4. The number of nitrogens with one attached hydrogen (secondary N) is 2. The number of alkyl halides is 3. The van der Waals surface area contributed by atoms with Crippen LogP contribution >= 0.6 is 0 Å². The van der Waals surface area contributed by atoms with Crippen molar-refractivity contribution in [2.45, 2.75) is 45.1 Å². The van der Waals surface area contributed by atoms with Crippen molar-refractivity contribution in [1.29, 1.82) is 0 Å². The minimum Gasteiger partial charge on any atom is -0.355 e. The summed E-state index contributed by atoms with van der Waals surface area (Å²) in [7, 11) is 1.74. The van der Waals surface area contributed by atoms with Crippen LogP contribution in [0.2, 0.25) is 0 Å². The number of aromatic nitrogens is 3. The van der Waals surface area contributed by atoms with Crippen LogP contribution in [0.4, 0.5) is 13.2 Å². The van der Waals surface area contributed by atoms with E-state index in [1.807, 2.05) is 11.5 Å². The van der Waals surface area contributed by atoms with E-state index in [1.54, 1.807) is 25.5 Å². The SMILES string of the molecule is CCc1nncn1CCNC(=NC)NC1CCN(Cc2ccc(C(F)(F)F)cc2)C1. The van der Waals surface area contributed by atoms with E-state index in [0.29, 0.717) is 13.1 Å². The zero-order chi connectivity index (χ0) is 21.6. The monoisotopic (exact) mass is 423 g/mol. The largest absolute Gasteiger partial charge is 0.416 e. The third-order valence-electron chi connectivity index (χ3n) is 5.18. The second-order valence-corrected chi connectivity index (χ2v) is 7.35. The average molecular weight is 423 g/mol. The predicted octanol–water partition coefficient (Wildman–Crippen LogP) is 2.30. The summed E-state index contributed by atoms with van der Waals surface area (Å²) < 4.78 is 40.1. The molecule has 30 heavy (non-hydrogen) atoms. The molecule has 10 heteroatoms. The molecule has 1 aromatic heterocycles. The van der Waals surface area contributed by atoms with Crippen molar-refractivity contribution in [3.63, 3.8) is 0 Å². The highest BCUT2D eigenvalue weighted by molar-refractivity contribution is 5.79. The molecule has 1 unspecified atom stereocenters. The quantitative estimate of drug-likeness (QED) is 0.528. The molecule has 1 aromatic carbocycles. The molecule has 1 fully saturated rings. The minimum absolute atomic E-state index is 0.242. The summed E-state index contributed by atoms with van der Waals surface area (Å²) in [6, 6.07) is 5.64. The summed E-state index contributed by atoms with van der Waals surface area (Å²) in [5.74, 6) is 1.69. The molecule has 0 bridgehead atoms. The summed E-state index contributed by atoms with van der Waals surface area (Å²) >= 11 is 0. The Morgan fingerprint density at radius 3 is 2.70 bits per heavy atom. The van der Waals surface area contributed by atoms with Crippen LogP contribution in [-0.2, 0) is 25.7 Å². The zero-order valence-corrected chi connectivity index (χ0v) is 17.3. The van der Waals surface area contributed by atoms with E-state index in [4.69, 9.17) is 0 Å². The Hall–Kier alpha value is -2.62. The molecule has 0 amide bonds. The Morgan fingerprint density at radius 2 is 2.03 bits per heavy atom. The molecule has 1 aliphatic rings. The number of likely N-dealkylation sites (tertiary alicyclic amines) is 1. The van der Waals surface area contributed by atoms with E-state index in [9.17, 15) is 13.2 Å². The van der Waals surface area contributed by atoms with Crippen LogP contribution in [0.15, 0.2) is 35.6 Å². The van der Waals surface area contributed by atoms with Gasteiger partial charge in [0, 0.05) is 52.2 Å². The molecule has 0 radical (unpaired) electrons. The molecule has 1 aliphatic heterocycles. The van der Waals surface area contributed by atoms with Crippen LogP contribution in [0.25, 0.3) is 0 Å². The number of rotatable bonds is 7. The molecular weight excluding hydrogens is 395 g/mol. The second kappa shape index (κ2) is 9.92. The first kappa shape index (κ1) is 22.1. The highest BCUT2D eigenvalue weighted by atomic mass is 19.4. The zero-order valence-electron chi connectivity index (χ0n) is 17.3. The molecule has 7 nitrogen and oxygen atoms in total. The highest BCUT2D eigenvalue weighted by Crippen LogP contribution is 2.29. The van der Waals surface area contributed by atoms with Gasteiger partial charge in [-0.1, -0.05) is 19.1 Å². The minimum atomic E-state index is -4.30. The van der Waals surface area contributed by atoms with Crippen molar-refractivity contribution in [3.05, 3.63) is 47.5 Å². The highest BCUT2D eigenvalue weighted by Gasteiger charge is 2.30. The number of benzene rings is 1. The number of aliphatic imine (C=N–C) groups is 1. The molecular formula is C20H28F3N7. The van der Waals surface area contributed by atoms with Gasteiger partial charge in [0.15, 0.2) is 5.96 Å². The molecule has 1 saturated heterocycles. The normalized spacial score (nSPS) is 18.0. The van der Waals surface area contributed by atoms with Crippen LogP contribution in [0.1, 0.15) is 30.3 Å². The van der Waals surface area contributed by atoms with Crippen LogP contribution in [0.3, 0.4) is 0 Å². The summed E-state index contributed by atoms with van der Waals surface area (Å²) in [5.41, 5.74) is 0.270. The topological polar surface area (TPSA) is 70.4 Å². The van der Waals surface area contributed by atoms with Gasteiger partial charge in [0.2, 0.25) is 0 Å². The number of nitrogens with zero attached hydrogens (tertiary/aromatic N) is 5. The summed E-state index contributed by atoms with van der Waals surface area (Å²) in [5, 5.41) is 14.7. The standard InChI is InChI=1S/C20H28F3N7/c1-3-18-28-26-14-30(18)11-9-25-19(24-2)27-17-8-10-29(13-17)12-15-4-6-16(7-5-15)20(21,22)23/h4-7,14,17H,3,8-13H2,1-2H3,(H2,24,25,27). The molecule has 0 saturated carbocycles. The molecule has 0 aliphatic carbocycles. The van der Waals surface area contributed by atoms with Crippen LogP contribution in [0.5, 0.6) is 0 Å². The van der Waals surface area contributed by atoms with E-state index < -0.39 is 11.7 Å². The van der Waals surface area contributed by atoms with Gasteiger partial charge < -0.3 is 15.2 Å². The Morgan fingerprint density at radius 1 is 1.27 bits per heavy atom. The van der Waals surface area contributed by atoms with Crippen LogP contribution in [-0.4, -0.2) is 58.3 Å². The Balaban J connectivity index is 1.43. The van der Waals surface area contributed by atoms with Gasteiger partial charge in [0.25, 0.3) is 0 Å². The smallest absolute Gasteiger partial charge is 0.355 e. The third kappa shape index (κ3) is 5.94. The van der Waals surface area contributed by atoms with E-state index >= 15 is 0 Å². The van der Waals surface area contributed by atoms with Crippen molar-refractivity contribution >= 4 is 5.96 Å². The predicted molar refractivity (Wildman–Crippen MR) is 109 cm³/mol. The van der Waals surface area contributed by atoms with Gasteiger partial charge in [-0.15, -0.1) is 10.2 Å².